The van der Waals surface area contributed by atoms with Crippen LogP contribution in [0.3, 0.4) is 0 Å². The standard InChI is InChI=1S/C40H56N4O6/c1-6-7-20-33(39(48)44(25-28(4)5)35(23-27(2)3)36(45)21-22-37(41)46)42-38(47)34(43-40(49)50-26-29-14-9-8-10-15-29)24-31-18-13-17-30-16-11-12-19-32(30)31/h8-19,27-28,33-36,45H,6-7,20-26H2,1-5H3,(H2,41,46)(H,42,47)(H,43,49)/t33-,34-,35-,36-/m0/s1. The first-order valence-corrected chi connectivity index (χ1v) is 17.9. The van der Waals surface area contributed by atoms with Crippen molar-refractivity contribution in [3.05, 3.63) is 83.9 Å². The molecule has 0 aliphatic carbocycles. The smallest absolute Gasteiger partial charge is 0.408 e. The van der Waals surface area contributed by atoms with Gasteiger partial charge in [-0.2, -0.15) is 0 Å². The van der Waals surface area contributed by atoms with Crippen LogP contribution in [0.25, 0.3) is 10.8 Å². The predicted octanol–water partition coefficient (Wildman–Crippen LogP) is 5.88. The fourth-order valence-corrected chi connectivity index (χ4v) is 6.18. The van der Waals surface area contributed by atoms with Gasteiger partial charge in [-0.05, 0) is 53.0 Å². The summed E-state index contributed by atoms with van der Waals surface area (Å²) in [6.45, 7) is 10.4. The van der Waals surface area contributed by atoms with Gasteiger partial charge in [-0.15, -0.1) is 0 Å². The molecule has 0 heterocycles. The Hall–Kier alpha value is -4.44. The number of alkyl carbamates (subject to hydrolysis) is 1. The fourth-order valence-electron chi connectivity index (χ4n) is 6.18. The Labute approximate surface area is 297 Å². The molecule has 0 radical (unpaired) electrons. The lowest BCUT2D eigenvalue weighted by Crippen LogP contribution is -2.58. The number of nitrogens with one attached hydrogen (secondary N) is 2. The molecule has 272 valence electrons. The van der Waals surface area contributed by atoms with E-state index in [-0.39, 0.29) is 43.6 Å². The Bertz CT molecular complexity index is 1520. The van der Waals surface area contributed by atoms with E-state index in [0.717, 1.165) is 28.3 Å². The Morgan fingerprint density at radius 3 is 2.18 bits per heavy atom. The topological polar surface area (TPSA) is 151 Å². The lowest BCUT2D eigenvalue weighted by atomic mass is 9.93. The lowest BCUT2D eigenvalue weighted by molar-refractivity contribution is -0.142. The summed E-state index contributed by atoms with van der Waals surface area (Å²) in [4.78, 5) is 55.1. The van der Waals surface area contributed by atoms with Gasteiger partial charge >= 0.3 is 6.09 Å². The number of carbonyl (C=O) groups excluding carboxylic acids is 4. The summed E-state index contributed by atoms with van der Waals surface area (Å²) in [5.41, 5.74) is 7.06. The van der Waals surface area contributed by atoms with Crippen LogP contribution in [0, 0.1) is 11.8 Å². The highest BCUT2D eigenvalue weighted by molar-refractivity contribution is 5.93. The Kier molecular flexibility index (Phi) is 16.2. The predicted molar refractivity (Wildman–Crippen MR) is 197 cm³/mol. The van der Waals surface area contributed by atoms with Crippen molar-refractivity contribution in [2.24, 2.45) is 17.6 Å². The number of nitrogens with zero attached hydrogens (tertiary/aromatic N) is 1. The minimum absolute atomic E-state index is 0.00262. The second kappa shape index (κ2) is 20.3. The van der Waals surface area contributed by atoms with Gasteiger partial charge in [0.15, 0.2) is 0 Å². The molecule has 0 fully saturated rings. The number of ether oxygens (including phenoxy) is 1. The maximum Gasteiger partial charge on any atom is 0.408 e. The highest BCUT2D eigenvalue weighted by Gasteiger charge is 2.36. The summed E-state index contributed by atoms with van der Waals surface area (Å²) in [6, 6.07) is 20.4. The summed E-state index contributed by atoms with van der Waals surface area (Å²) >= 11 is 0. The molecule has 3 aromatic rings. The Morgan fingerprint density at radius 2 is 1.52 bits per heavy atom. The fraction of sp³-hybridized carbons (Fsp3) is 0.500. The zero-order valence-corrected chi connectivity index (χ0v) is 30.3. The van der Waals surface area contributed by atoms with Crippen molar-refractivity contribution < 1.29 is 29.0 Å². The minimum atomic E-state index is -1.05. The number of benzene rings is 3. The van der Waals surface area contributed by atoms with Crippen LogP contribution in [0.5, 0.6) is 0 Å². The highest BCUT2D eigenvalue weighted by atomic mass is 16.5. The molecule has 0 saturated heterocycles. The molecule has 0 bridgehead atoms. The van der Waals surface area contributed by atoms with Crippen LogP contribution in [0.4, 0.5) is 4.79 Å². The van der Waals surface area contributed by atoms with Gasteiger partial charge in [0.1, 0.15) is 18.7 Å². The first-order chi connectivity index (χ1) is 23.9. The molecule has 3 rings (SSSR count). The molecular weight excluding hydrogens is 632 g/mol. The molecule has 4 atom stereocenters. The summed E-state index contributed by atoms with van der Waals surface area (Å²) in [5, 5.41) is 19.0. The second-order valence-corrected chi connectivity index (χ2v) is 14.0. The molecule has 0 aliphatic heterocycles. The summed E-state index contributed by atoms with van der Waals surface area (Å²) < 4.78 is 5.50. The van der Waals surface area contributed by atoms with E-state index in [9.17, 15) is 24.3 Å². The zero-order chi connectivity index (χ0) is 36.6. The van der Waals surface area contributed by atoms with E-state index >= 15 is 0 Å². The third-order valence-electron chi connectivity index (χ3n) is 8.68. The maximum absolute atomic E-state index is 14.5. The van der Waals surface area contributed by atoms with Gasteiger partial charge in [-0.25, -0.2) is 4.79 Å². The van der Waals surface area contributed by atoms with Crippen LogP contribution in [0.15, 0.2) is 72.8 Å². The monoisotopic (exact) mass is 688 g/mol. The minimum Gasteiger partial charge on any atom is -0.445 e. The number of fused-ring (bicyclic) bond motifs is 1. The number of rotatable bonds is 20. The van der Waals surface area contributed by atoms with Crippen molar-refractivity contribution in [3.8, 4) is 0 Å². The number of aliphatic hydroxyl groups excluding tert-OH is 1. The van der Waals surface area contributed by atoms with Gasteiger partial charge < -0.3 is 31.1 Å². The Morgan fingerprint density at radius 1 is 0.840 bits per heavy atom. The molecular formula is C40H56N4O6. The number of amides is 4. The van der Waals surface area contributed by atoms with E-state index in [4.69, 9.17) is 10.5 Å². The van der Waals surface area contributed by atoms with E-state index in [0.29, 0.717) is 25.8 Å². The van der Waals surface area contributed by atoms with Gasteiger partial charge in [0.2, 0.25) is 17.7 Å². The molecule has 3 aromatic carbocycles. The van der Waals surface area contributed by atoms with Crippen LogP contribution in [-0.2, 0) is 32.1 Å². The van der Waals surface area contributed by atoms with Crippen LogP contribution in [0.2, 0.25) is 0 Å². The number of nitrogens with two attached hydrogens (primary N) is 1. The molecule has 0 spiro atoms. The molecule has 0 aromatic heterocycles. The molecule has 10 heteroatoms. The average Bonchev–Trinajstić information content (AvgIpc) is 3.09. The number of primary amides is 1. The summed E-state index contributed by atoms with van der Waals surface area (Å²) in [7, 11) is 0. The first kappa shape index (κ1) is 40.0. The Balaban J connectivity index is 1.93. The summed E-state index contributed by atoms with van der Waals surface area (Å²) in [5.74, 6) is -1.12. The van der Waals surface area contributed by atoms with Crippen LogP contribution in [0.1, 0.15) is 84.3 Å². The van der Waals surface area contributed by atoms with E-state index in [1.165, 1.54) is 0 Å². The van der Waals surface area contributed by atoms with Crippen molar-refractivity contribution in [3.63, 3.8) is 0 Å². The van der Waals surface area contributed by atoms with Crippen molar-refractivity contribution in [1.82, 2.24) is 15.5 Å². The average molecular weight is 689 g/mol. The van der Waals surface area contributed by atoms with Crippen molar-refractivity contribution in [2.75, 3.05) is 6.54 Å². The second-order valence-electron chi connectivity index (χ2n) is 14.0. The molecule has 50 heavy (non-hydrogen) atoms. The van der Waals surface area contributed by atoms with Crippen LogP contribution < -0.4 is 16.4 Å². The van der Waals surface area contributed by atoms with E-state index in [2.05, 4.69) is 10.6 Å². The number of unbranched alkanes of at least 4 members (excludes halogenated alkanes) is 1. The van der Waals surface area contributed by atoms with Crippen molar-refractivity contribution in [2.45, 2.75) is 110 Å². The third kappa shape index (κ3) is 12.8. The van der Waals surface area contributed by atoms with E-state index < -0.39 is 42.1 Å². The number of carbonyl (C=O) groups is 4. The summed E-state index contributed by atoms with van der Waals surface area (Å²) in [6.07, 6.45) is 0.916. The van der Waals surface area contributed by atoms with Crippen molar-refractivity contribution in [1.29, 1.82) is 0 Å². The van der Waals surface area contributed by atoms with E-state index in [1.807, 2.05) is 107 Å². The largest absolute Gasteiger partial charge is 0.445 e. The molecule has 4 amide bonds. The van der Waals surface area contributed by atoms with Crippen LogP contribution >= 0.6 is 0 Å². The SMILES string of the molecule is CCCC[C@H](NC(=O)[C@H](Cc1cccc2ccccc12)NC(=O)OCc1ccccc1)C(=O)N(CC(C)C)[C@@H](CC(C)C)[C@@H](O)CCC(N)=O. The van der Waals surface area contributed by atoms with Gasteiger partial charge in [0.05, 0.1) is 12.1 Å². The van der Waals surface area contributed by atoms with E-state index in [1.54, 1.807) is 4.90 Å². The van der Waals surface area contributed by atoms with Gasteiger partial charge in [0, 0.05) is 19.4 Å². The number of hydrogen-bond donors (Lipinski definition) is 4. The third-order valence-corrected chi connectivity index (χ3v) is 8.68. The zero-order valence-electron chi connectivity index (χ0n) is 30.3. The number of aliphatic hydroxyl groups is 1. The first-order valence-electron chi connectivity index (χ1n) is 17.9. The molecule has 10 nitrogen and oxygen atoms in total. The maximum atomic E-state index is 14.5. The highest BCUT2D eigenvalue weighted by Crippen LogP contribution is 2.23. The molecule has 5 N–H and O–H groups in total. The molecule has 0 aliphatic rings. The molecule has 0 unspecified atom stereocenters. The molecule has 0 saturated carbocycles. The van der Waals surface area contributed by atoms with Gasteiger partial charge in [-0.3, -0.25) is 14.4 Å². The normalized spacial score (nSPS) is 13.8. The quantitative estimate of drug-likeness (QED) is 0.116. The van der Waals surface area contributed by atoms with Crippen molar-refractivity contribution >= 4 is 34.6 Å². The lowest BCUT2D eigenvalue weighted by Gasteiger charge is -2.39. The number of hydrogen-bond acceptors (Lipinski definition) is 6. The van der Waals surface area contributed by atoms with Gasteiger partial charge in [-0.1, -0.05) is 120 Å². The van der Waals surface area contributed by atoms with Gasteiger partial charge in [0.25, 0.3) is 0 Å². The van der Waals surface area contributed by atoms with Crippen LogP contribution in [-0.4, -0.2) is 64.6 Å².